The van der Waals surface area contributed by atoms with Gasteiger partial charge < -0.3 is 40.9 Å². The van der Waals surface area contributed by atoms with Gasteiger partial charge in [-0.1, -0.05) is 121 Å². The van der Waals surface area contributed by atoms with E-state index in [0.29, 0.717) is 11.1 Å². The molecule has 0 aliphatic heterocycles. The Labute approximate surface area is 296 Å². The van der Waals surface area contributed by atoms with E-state index in [-0.39, 0.29) is 44.5 Å². The fourth-order valence-corrected chi connectivity index (χ4v) is 8.18. The molecule has 0 aromatic heterocycles. The molecule has 0 amide bonds. The van der Waals surface area contributed by atoms with E-state index in [1.54, 1.807) is 24.3 Å². The van der Waals surface area contributed by atoms with Gasteiger partial charge in [0.15, 0.2) is 23.0 Å². The van der Waals surface area contributed by atoms with Crippen LogP contribution in [0, 0.1) is 5.92 Å². The van der Waals surface area contributed by atoms with Crippen LogP contribution < -0.4 is 0 Å². The molecule has 0 radical (unpaired) electrons. The van der Waals surface area contributed by atoms with Crippen LogP contribution in [0.25, 0.3) is 55.4 Å². The fourth-order valence-electron chi connectivity index (χ4n) is 8.18. The zero-order valence-corrected chi connectivity index (χ0v) is 27.3. The van der Waals surface area contributed by atoms with Crippen LogP contribution in [0.15, 0.2) is 126 Å². The van der Waals surface area contributed by atoms with E-state index in [0.717, 1.165) is 33.4 Å². The Morgan fingerprint density at radius 1 is 0.423 bits per heavy atom. The van der Waals surface area contributed by atoms with E-state index >= 15 is 0 Å². The van der Waals surface area contributed by atoms with Crippen molar-refractivity contribution in [2.45, 2.75) is 5.92 Å². The molecule has 0 bridgehead atoms. The Hall–Kier alpha value is -7.06. The molecule has 0 spiro atoms. The van der Waals surface area contributed by atoms with Crippen LogP contribution in [0.5, 0.6) is 46.0 Å². The molecule has 3 aliphatic rings. The summed E-state index contributed by atoms with van der Waals surface area (Å²) in [6, 6.07) is 24.6. The van der Waals surface area contributed by atoms with Crippen LogP contribution in [0.3, 0.4) is 0 Å². The highest BCUT2D eigenvalue weighted by atomic mass is 16.4. The first-order valence-corrected chi connectivity index (χ1v) is 16.7. The van der Waals surface area contributed by atoms with E-state index in [1.807, 2.05) is 85.0 Å². The lowest BCUT2D eigenvalue weighted by Crippen LogP contribution is -2.22. The largest absolute Gasteiger partial charge is 0.504 e. The number of aromatic hydroxyl groups is 8. The number of fused-ring (bicyclic) bond motifs is 7. The third kappa shape index (κ3) is 4.21. The van der Waals surface area contributed by atoms with Crippen LogP contribution in [-0.4, -0.2) is 40.9 Å². The summed E-state index contributed by atoms with van der Waals surface area (Å²) < 4.78 is 0. The van der Waals surface area contributed by atoms with Crippen molar-refractivity contribution < 1.29 is 40.9 Å². The molecule has 254 valence electrons. The maximum Gasteiger partial charge on any atom is 0.204 e. The number of phenols is 8. The van der Waals surface area contributed by atoms with Gasteiger partial charge in [-0.25, -0.2) is 0 Å². The fraction of sp³-hybridized carbons (Fsp3) is 0.0455. The van der Waals surface area contributed by atoms with Crippen molar-refractivity contribution in [2.24, 2.45) is 5.92 Å². The van der Waals surface area contributed by atoms with Crippen LogP contribution in [0.2, 0.25) is 0 Å². The summed E-state index contributed by atoms with van der Waals surface area (Å²) in [4.78, 5) is 0. The minimum Gasteiger partial charge on any atom is -0.504 e. The van der Waals surface area contributed by atoms with Crippen molar-refractivity contribution in [3.05, 3.63) is 143 Å². The molecule has 0 heterocycles. The summed E-state index contributed by atoms with van der Waals surface area (Å²) in [5.74, 6) is -7.59. The van der Waals surface area contributed by atoms with E-state index < -0.39 is 46.0 Å². The lowest BCUT2D eigenvalue weighted by Gasteiger charge is -2.37. The van der Waals surface area contributed by atoms with E-state index in [2.05, 4.69) is 12.1 Å². The van der Waals surface area contributed by atoms with Crippen molar-refractivity contribution in [1.82, 2.24) is 0 Å². The second kappa shape index (κ2) is 11.2. The number of benzene rings is 6. The van der Waals surface area contributed by atoms with Gasteiger partial charge in [0.1, 0.15) is 0 Å². The highest BCUT2D eigenvalue weighted by Crippen LogP contribution is 2.62. The molecular weight excluding hydrogens is 656 g/mol. The summed E-state index contributed by atoms with van der Waals surface area (Å²) in [5.41, 5.74) is 6.43. The molecule has 0 saturated heterocycles. The normalized spacial score (nSPS) is 17.3. The SMILES string of the molecule is Oc1c(O)c(O)c2c(-c3ccc(-c4ccccc4)cc3)c3c(O)c(O)c(O)c(O)c3c(C3=C4C=CC=CC4C4C(=C3)C=Cc3ccccc34)c2c1O. The molecule has 3 aliphatic carbocycles. The van der Waals surface area contributed by atoms with Crippen LogP contribution in [0.4, 0.5) is 0 Å². The van der Waals surface area contributed by atoms with Gasteiger partial charge in [0.2, 0.25) is 23.0 Å². The zero-order chi connectivity index (χ0) is 36.0. The molecule has 6 aromatic carbocycles. The number of hydrogen-bond acceptors (Lipinski definition) is 8. The number of phenolic OH excluding ortho intramolecular Hbond substituents is 8. The van der Waals surface area contributed by atoms with Gasteiger partial charge in [-0.2, -0.15) is 0 Å². The minimum atomic E-state index is -1.01. The van der Waals surface area contributed by atoms with Crippen LogP contribution in [0.1, 0.15) is 22.6 Å². The summed E-state index contributed by atoms with van der Waals surface area (Å²) >= 11 is 0. The molecule has 8 nitrogen and oxygen atoms in total. The first kappa shape index (κ1) is 31.0. The smallest absolute Gasteiger partial charge is 0.204 e. The van der Waals surface area contributed by atoms with Gasteiger partial charge in [0, 0.05) is 44.5 Å². The van der Waals surface area contributed by atoms with Gasteiger partial charge in [-0.15, -0.1) is 0 Å². The second-order valence-corrected chi connectivity index (χ2v) is 13.2. The van der Waals surface area contributed by atoms with Crippen molar-refractivity contribution in [2.75, 3.05) is 0 Å². The summed E-state index contributed by atoms with van der Waals surface area (Å²) in [6.45, 7) is 0. The molecule has 0 saturated carbocycles. The van der Waals surface area contributed by atoms with Crippen molar-refractivity contribution in [3.63, 3.8) is 0 Å². The number of allylic oxidation sites excluding steroid dienone is 9. The van der Waals surface area contributed by atoms with Gasteiger partial charge >= 0.3 is 0 Å². The lowest BCUT2D eigenvalue weighted by molar-refractivity contribution is 0.350. The summed E-state index contributed by atoms with van der Waals surface area (Å²) in [5, 5.41) is 90.2. The Kier molecular flexibility index (Phi) is 6.69. The summed E-state index contributed by atoms with van der Waals surface area (Å²) in [7, 11) is 0. The van der Waals surface area contributed by atoms with Crippen molar-refractivity contribution >= 4 is 33.2 Å². The average molecular weight is 687 g/mol. The van der Waals surface area contributed by atoms with Crippen molar-refractivity contribution in [3.8, 4) is 68.2 Å². The maximum atomic E-state index is 11.8. The predicted molar refractivity (Wildman–Crippen MR) is 201 cm³/mol. The molecule has 0 fully saturated rings. The third-order valence-corrected chi connectivity index (χ3v) is 10.5. The van der Waals surface area contributed by atoms with Crippen molar-refractivity contribution in [1.29, 1.82) is 0 Å². The quantitative estimate of drug-likeness (QED) is 0.0519. The average Bonchev–Trinajstić information content (AvgIpc) is 3.19. The molecular formula is C44H30O8. The summed E-state index contributed by atoms with van der Waals surface area (Å²) in [6.07, 6.45) is 13.6. The van der Waals surface area contributed by atoms with Crippen LogP contribution in [-0.2, 0) is 0 Å². The molecule has 2 atom stereocenters. The predicted octanol–water partition coefficient (Wildman–Crippen LogP) is 9.22. The second-order valence-electron chi connectivity index (χ2n) is 13.2. The molecule has 52 heavy (non-hydrogen) atoms. The van der Waals surface area contributed by atoms with Crippen LogP contribution >= 0.6 is 0 Å². The van der Waals surface area contributed by atoms with Gasteiger partial charge in [-0.3, -0.25) is 0 Å². The highest BCUT2D eigenvalue weighted by Gasteiger charge is 2.38. The molecule has 2 unspecified atom stereocenters. The Morgan fingerprint density at radius 3 is 1.56 bits per heavy atom. The lowest BCUT2D eigenvalue weighted by atomic mass is 9.66. The molecule has 8 N–H and O–H groups in total. The zero-order valence-electron chi connectivity index (χ0n) is 27.3. The first-order valence-electron chi connectivity index (χ1n) is 16.7. The van der Waals surface area contributed by atoms with Gasteiger partial charge in [0.05, 0.1) is 0 Å². The van der Waals surface area contributed by atoms with Gasteiger partial charge in [-0.05, 0) is 44.5 Å². The Morgan fingerprint density at radius 2 is 0.942 bits per heavy atom. The minimum absolute atomic E-state index is 0.00798. The van der Waals surface area contributed by atoms with E-state index in [9.17, 15) is 40.9 Å². The standard InChI is InChI=1S/C44H30O8/c45-37-33-31(24-17-14-22(15-18-24)21-8-2-1-3-9-21)34-36(40(48)44(52)42(50)38(34)46)32(35(33)39(47)43(51)41(37)49)29-20-25-19-16-23-10-4-5-11-26(23)30(25)28-13-7-6-12-27(28)29/h1-20,28,30,45-52H. The first-order chi connectivity index (χ1) is 25.2. The molecule has 9 rings (SSSR count). The Bertz CT molecular complexity index is 2620. The monoisotopic (exact) mass is 686 g/mol. The number of rotatable bonds is 3. The topological polar surface area (TPSA) is 162 Å². The van der Waals surface area contributed by atoms with Gasteiger partial charge in [0.25, 0.3) is 0 Å². The van der Waals surface area contributed by atoms with E-state index in [4.69, 9.17) is 0 Å². The van der Waals surface area contributed by atoms with E-state index in [1.165, 1.54) is 0 Å². The Balaban J connectivity index is 1.46. The molecule has 6 aromatic rings. The third-order valence-electron chi connectivity index (χ3n) is 10.5. The highest BCUT2D eigenvalue weighted by molar-refractivity contribution is 6.27. The number of hydrogen-bond donors (Lipinski definition) is 8. The molecule has 8 heteroatoms. The maximum absolute atomic E-state index is 11.8.